The average Bonchev–Trinajstić information content (AvgIpc) is 2.99. The van der Waals surface area contributed by atoms with Crippen molar-refractivity contribution in [2.45, 2.75) is 32.7 Å². The number of halogens is 1. The molecule has 4 aromatic carbocycles. The molecule has 0 aromatic heterocycles. The van der Waals surface area contributed by atoms with Crippen molar-refractivity contribution >= 4 is 40.6 Å². The summed E-state index contributed by atoms with van der Waals surface area (Å²) in [7, 11) is 0. The summed E-state index contributed by atoms with van der Waals surface area (Å²) in [4.78, 5) is 39.9. The molecule has 0 saturated heterocycles. The lowest BCUT2D eigenvalue weighted by atomic mass is 10.00. The number of amides is 1. The molecule has 0 unspecified atom stereocenters. The highest BCUT2D eigenvalue weighted by Crippen LogP contribution is 2.23. The van der Waals surface area contributed by atoms with Gasteiger partial charge in [0.1, 0.15) is 18.4 Å². The van der Waals surface area contributed by atoms with E-state index in [1.54, 1.807) is 77.7 Å². The zero-order valence-corrected chi connectivity index (χ0v) is 25.0. The summed E-state index contributed by atoms with van der Waals surface area (Å²) in [6.07, 6.45) is 0.598. The number of ketones is 1. The topological polar surface area (TPSA) is 95.9 Å². The van der Waals surface area contributed by atoms with Gasteiger partial charge in [-0.2, -0.15) is 0 Å². The average molecular weight is 599 g/mol. The summed E-state index contributed by atoms with van der Waals surface area (Å²) in [6.45, 7) is 4.61. The number of rotatable bonds is 14. The molecule has 0 aliphatic rings. The van der Waals surface area contributed by atoms with Crippen LogP contribution in [0.15, 0.2) is 103 Å². The van der Waals surface area contributed by atoms with Gasteiger partial charge in [0, 0.05) is 40.4 Å². The van der Waals surface area contributed by atoms with Crippen LogP contribution in [-0.4, -0.2) is 42.0 Å². The second kappa shape index (κ2) is 15.0. The summed E-state index contributed by atoms with van der Waals surface area (Å²) >= 11 is 6.17. The fraction of sp³-hybridized carbons (Fsp3) is 0.229. The molecule has 0 spiro atoms. The Morgan fingerprint density at radius 3 is 2.26 bits per heavy atom. The van der Waals surface area contributed by atoms with Crippen LogP contribution in [0.1, 0.15) is 41.8 Å². The molecule has 43 heavy (non-hydrogen) atoms. The largest absolute Gasteiger partial charge is 0.492 e. The summed E-state index contributed by atoms with van der Waals surface area (Å²) < 4.78 is 5.93. The Kier molecular flexibility index (Phi) is 10.9. The maximum absolute atomic E-state index is 13.1. The Balaban J connectivity index is 1.39. The third kappa shape index (κ3) is 8.93. The normalized spacial score (nSPS) is 11.5. The second-order valence-electron chi connectivity index (χ2n) is 10.6. The van der Waals surface area contributed by atoms with E-state index >= 15 is 0 Å². The molecule has 4 aromatic rings. The molecule has 0 radical (unpaired) electrons. The number of carbonyl (C=O) groups excluding carboxylic acids is 2. The van der Waals surface area contributed by atoms with E-state index in [0.717, 1.165) is 11.3 Å². The predicted octanol–water partition coefficient (Wildman–Crippen LogP) is 7.14. The molecule has 0 aliphatic carbocycles. The molecular formula is C35H35ClN2O5. The van der Waals surface area contributed by atoms with Crippen molar-refractivity contribution < 1.29 is 24.2 Å². The Bertz CT molecular complexity index is 1540. The standard InChI is InChI=1S/C35H35ClN2O5/c1-24(2)21-33(39)38(28-12-8-11-27(36)23-28)19-20-43-29-17-15-25(16-18-29)22-32(35(41)42)37-31-14-7-6-13-30(31)34(40)26-9-4-3-5-10-26/h3-18,23-24,32,37H,19-22H2,1-2H3,(H,41,42)/t32-/m0/s1. The van der Waals surface area contributed by atoms with Gasteiger partial charge in [-0.1, -0.05) is 86.1 Å². The van der Waals surface area contributed by atoms with Crippen LogP contribution in [0.5, 0.6) is 5.75 Å². The van der Waals surface area contributed by atoms with E-state index in [9.17, 15) is 19.5 Å². The van der Waals surface area contributed by atoms with Crippen LogP contribution in [0, 0.1) is 5.92 Å². The second-order valence-corrected chi connectivity index (χ2v) is 11.0. The van der Waals surface area contributed by atoms with Gasteiger partial charge in [-0.3, -0.25) is 9.59 Å². The van der Waals surface area contributed by atoms with Gasteiger partial charge in [-0.15, -0.1) is 0 Å². The van der Waals surface area contributed by atoms with Gasteiger partial charge in [0.05, 0.1) is 6.54 Å². The lowest BCUT2D eigenvalue weighted by molar-refractivity contribution is -0.137. The molecule has 0 aliphatic heterocycles. The zero-order chi connectivity index (χ0) is 30.8. The van der Waals surface area contributed by atoms with E-state index in [1.807, 2.05) is 44.2 Å². The Labute approximate surface area is 257 Å². The lowest BCUT2D eigenvalue weighted by Gasteiger charge is -2.24. The number of nitrogens with zero attached hydrogens (tertiary/aromatic N) is 1. The number of carbonyl (C=O) groups is 3. The van der Waals surface area contributed by atoms with E-state index < -0.39 is 12.0 Å². The molecule has 222 valence electrons. The van der Waals surface area contributed by atoms with Crippen LogP contribution < -0.4 is 15.0 Å². The van der Waals surface area contributed by atoms with Crippen LogP contribution in [0.25, 0.3) is 0 Å². The molecule has 0 bridgehead atoms. The van der Waals surface area contributed by atoms with E-state index in [-0.39, 0.29) is 30.6 Å². The van der Waals surface area contributed by atoms with Gasteiger partial charge < -0.3 is 20.1 Å². The molecule has 2 N–H and O–H groups in total. The molecule has 4 rings (SSSR count). The van der Waals surface area contributed by atoms with E-state index in [1.165, 1.54) is 0 Å². The summed E-state index contributed by atoms with van der Waals surface area (Å²) in [5.41, 5.74) is 2.89. The lowest BCUT2D eigenvalue weighted by Crippen LogP contribution is -2.35. The van der Waals surface area contributed by atoms with Gasteiger partial charge in [-0.05, 0) is 53.9 Å². The Hall–Kier alpha value is -4.62. The third-order valence-electron chi connectivity index (χ3n) is 6.79. The van der Waals surface area contributed by atoms with Crippen molar-refractivity contribution in [2.75, 3.05) is 23.4 Å². The summed E-state index contributed by atoms with van der Waals surface area (Å²) in [5, 5.41) is 13.6. The number of carboxylic acids is 1. The smallest absolute Gasteiger partial charge is 0.326 e. The molecule has 0 saturated carbocycles. The monoisotopic (exact) mass is 598 g/mol. The quantitative estimate of drug-likeness (QED) is 0.150. The van der Waals surface area contributed by atoms with Crippen molar-refractivity contribution in [1.29, 1.82) is 0 Å². The number of carboxylic acid groups (broad SMARTS) is 1. The summed E-state index contributed by atoms with van der Waals surface area (Å²) in [5.74, 6) is -0.409. The first-order valence-electron chi connectivity index (χ1n) is 14.2. The SMILES string of the molecule is CC(C)CC(=O)N(CCOc1ccc(C[C@H](Nc2ccccc2C(=O)c2ccccc2)C(=O)O)cc1)c1cccc(Cl)c1. The van der Waals surface area contributed by atoms with Gasteiger partial charge in [0.25, 0.3) is 0 Å². The first-order chi connectivity index (χ1) is 20.7. The minimum absolute atomic E-state index is 0.00420. The Morgan fingerprint density at radius 1 is 0.884 bits per heavy atom. The number of ether oxygens (including phenoxy) is 1. The minimum atomic E-state index is -1.03. The van der Waals surface area contributed by atoms with Crippen molar-refractivity contribution in [3.05, 3.63) is 125 Å². The molecule has 7 nitrogen and oxygen atoms in total. The maximum Gasteiger partial charge on any atom is 0.326 e. The first kappa shape index (κ1) is 31.3. The first-order valence-corrected chi connectivity index (χ1v) is 14.5. The van der Waals surface area contributed by atoms with E-state index in [0.29, 0.717) is 40.6 Å². The van der Waals surface area contributed by atoms with Gasteiger partial charge >= 0.3 is 5.97 Å². The molecule has 1 amide bonds. The highest BCUT2D eigenvalue weighted by atomic mass is 35.5. The molecule has 0 heterocycles. The van der Waals surface area contributed by atoms with E-state index in [2.05, 4.69) is 5.32 Å². The van der Waals surface area contributed by atoms with Crippen LogP contribution in [0.2, 0.25) is 5.02 Å². The number of aliphatic carboxylic acids is 1. The number of hydrogen-bond donors (Lipinski definition) is 2. The molecular weight excluding hydrogens is 564 g/mol. The van der Waals surface area contributed by atoms with Crippen LogP contribution in [0.3, 0.4) is 0 Å². The summed E-state index contributed by atoms with van der Waals surface area (Å²) in [6, 6.07) is 29.2. The number of benzene rings is 4. The fourth-order valence-corrected chi connectivity index (χ4v) is 4.84. The highest BCUT2D eigenvalue weighted by Gasteiger charge is 2.22. The Morgan fingerprint density at radius 2 is 1.58 bits per heavy atom. The number of anilines is 2. The number of para-hydroxylation sites is 1. The predicted molar refractivity (Wildman–Crippen MR) is 170 cm³/mol. The zero-order valence-electron chi connectivity index (χ0n) is 24.2. The highest BCUT2D eigenvalue weighted by molar-refractivity contribution is 6.30. The third-order valence-corrected chi connectivity index (χ3v) is 7.02. The fourth-order valence-electron chi connectivity index (χ4n) is 4.65. The van der Waals surface area contributed by atoms with Crippen LogP contribution in [0.4, 0.5) is 11.4 Å². The van der Waals surface area contributed by atoms with Crippen LogP contribution in [-0.2, 0) is 16.0 Å². The van der Waals surface area contributed by atoms with Crippen molar-refractivity contribution in [3.63, 3.8) is 0 Å². The minimum Gasteiger partial charge on any atom is -0.492 e. The van der Waals surface area contributed by atoms with Crippen molar-refractivity contribution in [1.82, 2.24) is 0 Å². The molecule has 8 heteroatoms. The molecule has 1 atom stereocenters. The van der Waals surface area contributed by atoms with E-state index in [4.69, 9.17) is 16.3 Å². The van der Waals surface area contributed by atoms with Crippen LogP contribution >= 0.6 is 11.6 Å². The van der Waals surface area contributed by atoms with Crippen molar-refractivity contribution in [2.24, 2.45) is 5.92 Å². The number of hydrogen-bond acceptors (Lipinski definition) is 5. The maximum atomic E-state index is 13.1. The van der Waals surface area contributed by atoms with Crippen molar-refractivity contribution in [3.8, 4) is 5.75 Å². The van der Waals surface area contributed by atoms with Gasteiger partial charge in [-0.25, -0.2) is 4.79 Å². The molecule has 0 fully saturated rings. The van der Waals surface area contributed by atoms with Gasteiger partial charge in [0.15, 0.2) is 5.78 Å². The number of nitrogens with one attached hydrogen (secondary N) is 1. The van der Waals surface area contributed by atoms with Gasteiger partial charge in [0.2, 0.25) is 5.91 Å².